The fraction of sp³-hybridized carbons (Fsp3) is 0.500. The summed E-state index contributed by atoms with van der Waals surface area (Å²) in [7, 11) is 0. The number of nitriles is 1. The van der Waals surface area contributed by atoms with Crippen LogP contribution in [0.5, 0.6) is 0 Å². The Morgan fingerprint density at radius 3 is 2.63 bits per heavy atom. The first kappa shape index (κ1) is 15.4. The second-order valence-electron chi connectivity index (χ2n) is 4.43. The summed E-state index contributed by atoms with van der Waals surface area (Å²) >= 11 is 3.25. The Bertz CT molecular complexity index is 454. The lowest BCUT2D eigenvalue weighted by molar-refractivity contribution is -0.121. The Hall–Kier alpha value is -1.68. The van der Waals surface area contributed by atoms with E-state index in [1.54, 1.807) is 12.4 Å². The van der Waals surface area contributed by atoms with E-state index in [1.165, 1.54) is 0 Å². The average Bonchev–Trinajstić information content (AvgIpc) is 2.37. The third kappa shape index (κ3) is 5.66. The third-order valence-corrected chi connectivity index (χ3v) is 2.70. The van der Waals surface area contributed by atoms with Crippen molar-refractivity contribution in [3.05, 3.63) is 16.9 Å². The maximum atomic E-state index is 11.9. The van der Waals surface area contributed by atoms with Crippen LogP contribution in [0.2, 0.25) is 0 Å². The van der Waals surface area contributed by atoms with Crippen LogP contribution >= 0.6 is 15.9 Å². The molecule has 1 unspecified atom stereocenters. The number of hydrogen-bond donors (Lipinski definition) is 2. The van der Waals surface area contributed by atoms with Crippen LogP contribution < -0.4 is 10.6 Å². The highest BCUT2D eigenvalue weighted by Crippen LogP contribution is 2.11. The molecule has 19 heavy (non-hydrogen) atoms. The lowest BCUT2D eigenvalue weighted by Crippen LogP contribution is -2.41. The largest absolute Gasteiger partial charge is 0.342 e. The van der Waals surface area contributed by atoms with E-state index in [0.717, 1.165) is 4.47 Å². The summed E-state index contributed by atoms with van der Waals surface area (Å²) in [4.78, 5) is 20.1. The maximum absolute atomic E-state index is 11.9. The van der Waals surface area contributed by atoms with Crippen LogP contribution in [0, 0.1) is 17.2 Å². The van der Waals surface area contributed by atoms with E-state index in [4.69, 9.17) is 5.26 Å². The van der Waals surface area contributed by atoms with Gasteiger partial charge in [-0.25, -0.2) is 9.97 Å². The summed E-state index contributed by atoms with van der Waals surface area (Å²) in [5.74, 6) is 0.503. The van der Waals surface area contributed by atoms with Gasteiger partial charge in [-0.05, 0) is 28.3 Å². The van der Waals surface area contributed by atoms with Crippen molar-refractivity contribution in [3.63, 3.8) is 0 Å². The van der Waals surface area contributed by atoms with Gasteiger partial charge in [-0.15, -0.1) is 0 Å². The summed E-state index contributed by atoms with van der Waals surface area (Å²) in [6, 6.07) is 1.43. The van der Waals surface area contributed by atoms with Gasteiger partial charge in [0.05, 0.1) is 10.5 Å². The van der Waals surface area contributed by atoms with E-state index >= 15 is 0 Å². The van der Waals surface area contributed by atoms with Crippen LogP contribution in [0.15, 0.2) is 16.9 Å². The summed E-state index contributed by atoms with van der Waals surface area (Å²) in [6.45, 7) is 4.04. The third-order valence-electron chi connectivity index (χ3n) is 2.29. The van der Waals surface area contributed by atoms with Gasteiger partial charge in [0.2, 0.25) is 11.9 Å². The molecule has 0 saturated heterocycles. The zero-order valence-electron chi connectivity index (χ0n) is 10.9. The highest BCUT2D eigenvalue weighted by molar-refractivity contribution is 9.10. The van der Waals surface area contributed by atoms with Crippen molar-refractivity contribution >= 4 is 27.8 Å². The molecule has 1 aromatic rings. The van der Waals surface area contributed by atoms with E-state index in [9.17, 15) is 4.79 Å². The van der Waals surface area contributed by atoms with Gasteiger partial charge in [-0.1, -0.05) is 13.8 Å². The monoisotopic (exact) mass is 325 g/mol. The van der Waals surface area contributed by atoms with Crippen LogP contribution in [-0.4, -0.2) is 28.5 Å². The van der Waals surface area contributed by atoms with E-state index in [-0.39, 0.29) is 12.5 Å². The fourth-order valence-electron chi connectivity index (χ4n) is 1.50. The topological polar surface area (TPSA) is 90.7 Å². The molecule has 1 heterocycles. The number of carbonyl (C=O) groups excluding carboxylic acids is 1. The molecule has 0 spiro atoms. The highest BCUT2D eigenvalue weighted by Gasteiger charge is 2.20. The van der Waals surface area contributed by atoms with Crippen molar-refractivity contribution in [1.82, 2.24) is 15.3 Å². The van der Waals surface area contributed by atoms with E-state index in [2.05, 4.69) is 36.5 Å². The minimum atomic E-state index is -0.450. The molecular formula is C12H16BrN5O. The Balaban J connectivity index is 2.71. The van der Waals surface area contributed by atoms with Gasteiger partial charge >= 0.3 is 0 Å². The van der Waals surface area contributed by atoms with Gasteiger partial charge in [-0.3, -0.25) is 4.79 Å². The van der Waals surface area contributed by atoms with E-state index < -0.39 is 6.04 Å². The Morgan fingerprint density at radius 2 is 2.11 bits per heavy atom. The van der Waals surface area contributed by atoms with Gasteiger partial charge in [0.1, 0.15) is 12.6 Å². The van der Waals surface area contributed by atoms with Crippen LogP contribution in [0.25, 0.3) is 0 Å². The molecule has 0 aliphatic rings. The predicted molar refractivity (Wildman–Crippen MR) is 75.2 cm³/mol. The van der Waals surface area contributed by atoms with Gasteiger partial charge in [0.15, 0.2) is 0 Å². The van der Waals surface area contributed by atoms with Crippen molar-refractivity contribution in [2.45, 2.75) is 26.3 Å². The number of rotatable bonds is 6. The van der Waals surface area contributed by atoms with Crippen LogP contribution in [0.3, 0.4) is 0 Å². The molecule has 2 N–H and O–H groups in total. The summed E-state index contributed by atoms with van der Waals surface area (Å²) in [6.07, 6.45) is 3.85. The lowest BCUT2D eigenvalue weighted by Gasteiger charge is -2.19. The molecule has 0 aliphatic heterocycles. The maximum Gasteiger partial charge on any atom is 0.243 e. The molecular weight excluding hydrogens is 310 g/mol. The normalized spacial score (nSPS) is 11.7. The van der Waals surface area contributed by atoms with Gasteiger partial charge in [0.25, 0.3) is 0 Å². The number of anilines is 1. The molecule has 0 radical (unpaired) electrons. The Kier molecular flexibility index (Phi) is 6.22. The molecule has 1 aromatic heterocycles. The molecule has 0 aromatic carbocycles. The smallest absolute Gasteiger partial charge is 0.243 e. The first-order valence-corrected chi connectivity index (χ1v) is 6.71. The van der Waals surface area contributed by atoms with Crippen molar-refractivity contribution < 1.29 is 4.79 Å². The molecule has 102 valence electrons. The number of amides is 1. The minimum Gasteiger partial charge on any atom is -0.342 e. The zero-order chi connectivity index (χ0) is 14.3. The van der Waals surface area contributed by atoms with Gasteiger partial charge < -0.3 is 10.6 Å². The molecule has 0 saturated carbocycles. The Labute approximate surface area is 120 Å². The first-order valence-electron chi connectivity index (χ1n) is 5.91. The molecule has 7 heteroatoms. The summed E-state index contributed by atoms with van der Waals surface area (Å²) in [5.41, 5.74) is 0. The van der Waals surface area contributed by atoms with E-state index in [0.29, 0.717) is 18.3 Å². The number of aromatic nitrogens is 2. The lowest BCUT2D eigenvalue weighted by atomic mass is 10.0. The standard InChI is InChI=1S/C12H16BrN5O/c1-8(2)5-10(11(19)15-4-3-14)18-12-16-6-9(13)7-17-12/h6-8,10H,4-5H2,1-2H3,(H,15,19)(H,16,17,18). The van der Waals surface area contributed by atoms with Crippen LogP contribution in [-0.2, 0) is 4.79 Å². The molecule has 6 nitrogen and oxygen atoms in total. The summed E-state index contributed by atoms with van der Waals surface area (Å²) < 4.78 is 0.771. The molecule has 1 rings (SSSR count). The zero-order valence-corrected chi connectivity index (χ0v) is 12.4. The number of hydrogen-bond acceptors (Lipinski definition) is 5. The molecule has 0 fully saturated rings. The molecule has 1 amide bonds. The van der Waals surface area contributed by atoms with Gasteiger partial charge in [0, 0.05) is 12.4 Å². The first-order chi connectivity index (χ1) is 9.02. The summed E-state index contributed by atoms with van der Waals surface area (Å²) in [5, 5.41) is 14.0. The number of halogens is 1. The minimum absolute atomic E-state index is 0.00367. The molecule has 0 bridgehead atoms. The number of carbonyl (C=O) groups is 1. The van der Waals surface area contributed by atoms with Crippen LogP contribution in [0.4, 0.5) is 5.95 Å². The Morgan fingerprint density at radius 1 is 1.47 bits per heavy atom. The fourth-order valence-corrected chi connectivity index (χ4v) is 1.70. The van der Waals surface area contributed by atoms with Gasteiger partial charge in [-0.2, -0.15) is 5.26 Å². The second kappa shape index (κ2) is 7.69. The molecule has 0 aliphatic carbocycles. The van der Waals surface area contributed by atoms with Crippen molar-refractivity contribution in [3.8, 4) is 6.07 Å². The number of nitrogens with zero attached hydrogens (tertiary/aromatic N) is 3. The second-order valence-corrected chi connectivity index (χ2v) is 5.34. The predicted octanol–water partition coefficient (Wildman–Crippen LogP) is 1.71. The quantitative estimate of drug-likeness (QED) is 0.777. The SMILES string of the molecule is CC(C)CC(Nc1ncc(Br)cn1)C(=O)NCC#N. The average molecular weight is 326 g/mol. The van der Waals surface area contributed by atoms with Crippen LogP contribution in [0.1, 0.15) is 20.3 Å². The number of nitrogens with one attached hydrogen (secondary N) is 2. The molecule has 1 atom stereocenters. The van der Waals surface area contributed by atoms with E-state index in [1.807, 2.05) is 19.9 Å². The highest BCUT2D eigenvalue weighted by atomic mass is 79.9. The van der Waals surface area contributed by atoms with Crippen molar-refractivity contribution in [2.24, 2.45) is 5.92 Å². The van der Waals surface area contributed by atoms with Crippen molar-refractivity contribution in [2.75, 3.05) is 11.9 Å². The van der Waals surface area contributed by atoms with Crippen molar-refractivity contribution in [1.29, 1.82) is 5.26 Å².